The van der Waals surface area contributed by atoms with Crippen LogP contribution in [0, 0.1) is 0 Å². The quantitative estimate of drug-likeness (QED) is 0.893. The normalized spacial score (nSPS) is 10.1. The number of rotatable bonds is 2. The Balaban J connectivity index is 2.44. The summed E-state index contributed by atoms with van der Waals surface area (Å²) >= 11 is 6.98. The molecule has 0 aliphatic rings. The number of nitrogens with zero attached hydrogens (tertiary/aromatic N) is 2. The molecule has 6 heteroatoms. The fourth-order valence-electron chi connectivity index (χ4n) is 1.25. The molecule has 0 aliphatic heterocycles. The molecule has 0 atom stereocenters. The van der Waals surface area contributed by atoms with Crippen molar-refractivity contribution in [1.82, 2.24) is 14.9 Å². The minimum Gasteiger partial charge on any atom is -0.354 e. The summed E-state index contributed by atoms with van der Waals surface area (Å²) in [6.07, 6.45) is 0. The van der Waals surface area contributed by atoms with Crippen LogP contribution < -0.4 is 5.32 Å². The van der Waals surface area contributed by atoms with Crippen LogP contribution in [-0.2, 0) is 0 Å². The third-order valence-electron chi connectivity index (χ3n) is 2.04. The smallest absolute Gasteiger partial charge is 0.273 e. The maximum Gasteiger partial charge on any atom is 0.273 e. The first kappa shape index (κ1) is 11.0. The second-order valence-corrected chi connectivity index (χ2v) is 4.23. The molecule has 0 bridgehead atoms. The molecule has 0 spiro atoms. The van der Waals surface area contributed by atoms with Gasteiger partial charge in [-0.1, -0.05) is 28.2 Å². The van der Waals surface area contributed by atoms with Crippen molar-refractivity contribution < 1.29 is 4.79 Å². The maximum absolute atomic E-state index is 11.5. The van der Waals surface area contributed by atoms with Crippen LogP contribution in [-0.4, -0.2) is 22.5 Å². The number of hydrogen-bond acceptors (Lipinski definition) is 4. The lowest BCUT2D eigenvalue weighted by Gasteiger charge is -2.00. The molecule has 1 heterocycles. The largest absolute Gasteiger partial charge is 0.354 e. The molecule has 0 unspecified atom stereocenters. The van der Waals surface area contributed by atoms with Crippen LogP contribution in [0.2, 0.25) is 5.02 Å². The van der Waals surface area contributed by atoms with Crippen LogP contribution in [0.25, 0.3) is 10.4 Å². The van der Waals surface area contributed by atoms with Crippen molar-refractivity contribution in [3.63, 3.8) is 0 Å². The number of hydrogen-bond donors (Lipinski definition) is 1. The van der Waals surface area contributed by atoms with Crippen molar-refractivity contribution >= 4 is 29.0 Å². The maximum atomic E-state index is 11.5. The average Bonchev–Trinajstić information content (AvgIpc) is 2.78. The topological polar surface area (TPSA) is 54.9 Å². The van der Waals surface area contributed by atoms with E-state index in [1.807, 2.05) is 12.1 Å². The van der Waals surface area contributed by atoms with Gasteiger partial charge in [0.05, 0.1) is 4.88 Å². The Morgan fingerprint density at radius 1 is 1.38 bits per heavy atom. The lowest BCUT2D eigenvalue weighted by atomic mass is 10.1. The Hall–Kier alpha value is -1.46. The Morgan fingerprint density at radius 2 is 2.06 bits per heavy atom. The molecule has 0 saturated carbocycles. The van der Waals surface area contributed by atoms with E-state index < -0.39 is 0 Å². The molecular weight excluding hydrogens is 246 g/mol. The monoisotopic (exact) mass is 253 g/mol. The first-order valence-electron chi connectivity index (χ1n) is 4.52. The highest BCUT2D eigenvalue weighted by Crippen LogP contribution is 2.27. The van der Waals surface area contributed by atoms with Crippen LogP contribution in [0.3, 0.4) is 0 Å². The fraction of sp³-hybridized carbons (Fsp3) is 0.100. The molecule has 4 nitrogen and oxygen atoms in total. The van der Waals surface area contributed by atoms with E-state index in [1.54, 1.807) is 19.2 Å². The summed E-state index contributed by atoms with van der Waals surface area (Å²) in [7, 11) is 1.56. The first-order valence-corrected chi connectivity index (χ1v) is 5.68. The van der Waals surface area contributed by atoms with Crippen LogP contribution in [0.15, 0.2) is 24.3 Å². The Bertz CT molecular complexity index is 509. The van der Waals surface area contributed by atoms with E-state index in [0.29, 0.717) is 10.7 Å². The molecule has 0 saturated heterocycles. The minimum absolute atomic E-state index is 0.237. The molecule has 0 aliphatic carbocycles. The Kier molecular flexibility index (Phi) is 3.17. The predicted octanol–water partition coefficient (Wildman–Crippen LogP) is 2.22. The van der Waals surface area contributed by atoms with E-state index >= 15 is 0 Å². The first-order chi connectivity index (χ1) is 7.72. The molecule has 1 N–H and O–H groups in total. The Morgan fingerprint density at radius 3 is 2.69 bits per heavy atom. The molecule has 1 amide bonds. The number of amides is 1. The highest BCUT2D eigenvalue weighted by atomic mass is 35.5. The molecule has 82 valence electrons. The highest BCUT2D eigenvalue weighted by Gasteiger charge is 2.16. The summed E-state index contributed by atoms with van der Waals surface area (Å²) in [6, 6.07) is 7.21. The standard InChI is InChI=1S/C10H8ClN3OS/c1-12-10(15)8-9(16-14-13-8)6-2-4-7(11)5-3-6/h2-5H,1H3,(H,12,15). The average molecular weight is 254 g/mol. The molecule has 2 aromatic rings. The number of carbonyl (C=O) groups excluding carboxylic acids is 1. The molecule has 1 aromatic carbocycles. The van der Waals surface area contributed by atoms with Gasteiger partial charge in [-0.2, -0.15) is 0 Å². The Labute approximate surface area is 101 Å². The summed E-state index contributed by atoms with van der Waals surface area (Å²) in [5.41, 5.74) is 1.23. The summed E-state index contributed by atoms with van der Waals surface area (Å²) in [6.45, 7) is 0. The van der Waals surface area contributed by atoms with Crippen molar-refractivity contribution in [2.75, 3.05) is 7.05 Å². The van der Waals surface area contributed by atoms with E-state index in [2.05, 4.69) is 14.9 Å². The van der Waals surface area contributed by atoms with Gasteiger partial charge in [0.15, 0.2) is 5.69 Å². The zero-order chi connectivity index (χ0) is 11.5. The van der Waals surface area contributed by atoms with Gasteiger partial charge in [-0.05, 0) is 29.2 Å². The van der Waals surface area contributed by atoms with Crippen molar-refractivity contribution in [3.8, 4) is 10.4 Å². The summed E-state index contributed by atoms with van der Waals surface area (Å²) in [4.78, 5) is 12.2. The van der Waals surface area contributed by atoms with Gasteiger partial charge in [0, 0.05) is 12.1 Å². The third-order valence-corrected chi connectivity index (χ3v) is 3.06. The van der Waals surface area contributed by atoms with E-state index in [-0.39, 0.29) is 5.91 Å². The molecule has 1 aromatic heterocycles. The highest BCUT2D eigenvalue weighted by molar-refractivity contribution is 7.09. The van der Waals surface area contributed by atoms with Crippen molar-refractivity contribution in [1.29, 1.82) is 0 Å². The number of nitrogens with one attached hydrogen (secondary N) is 1. The second kappa shape index (κ2) is 4.59. The molecule has 16 heavy (non-hydrogen) atoms. The lowest BCUT2D eigenvalue weighted by Crippen LogP contribution is -2.18. The van der Waals surface area contributed by atoms with Crippen molar-refractivity contribution in [2.24, 2.45) is 0 Å². The van der Waals surface area contributed by atoms with Gasteiger partial charge < -0.3 is 5.32 Å². The number of benzene rings is 1. The van der Waals surface area contributed by atoms with Gasteiger partial charge in [-0.15, -0.1) is 5.10 Å². The van der Waals surface area contributed by atoms with E-state index in [4.69, 9.17) is 11.6 Å². The fourth-order valence-corrected chi connectivity index (χ4v) is 2.04. The third kappa shape index (κ3) is 2.05. The van der Waals surface area contributed by atoms with Crippen molar-refractivity contribution in [2.45, 2.75) is 0 Å². The van der Waals surface area contributed by atoms with E-state index in [9.17, 15) is 4.79 Å². The molecule has 2 rings (SSSR count). The molecule has 0 fully saturated rings. The summed E-state index contributed by atoms with van der Waals surface area (Å²) < 4.78 is 3.79. The van der Waals surface area contributed by atoms with Gasteiger partial charge in [0.2, 0.25) is 0 Å². The van der Waals surface area contributed by atoms with Crippen molar-refractivity contribution in [3.05, 3.63) is 35.0 Å². The van der Waals surface area contributed by atoms with Gasteiger partial charge in [-0.25, -0.2) is 0 Å². The number of aromatic nitrogens is 2. The van der Waals surface area contributed by atoms with Crippen LogP contribution in [0.5, 0.6) is 0 Å². The van der Waals surface area contributed by atoms with Crippen LogP contribution in [0.4, 0.5) is 0 Å². The number of halogens is 1. The molecule has 0 radical (unpaired) electrons. The lowest BCUT2D eigenvalue weighted by molar-refractivity contribution is 0.0959. The molecular formula is C10H8ClN3OS. The number of carbonyl (C=O) groups is 1. The van der Waals surface area contributed by atoms with Crippen LogP contribution in [0.1, 0.15) is 10.5 Å². The van der Waals surface area contributed by atoms with Gasteiger partial charge in [-0.3, -0.25) is 4.79 Å². The summed E-state index contributed by atoms with van der Waals surface area (Å²) in [5, 5.41) is 6.99. The zero-order valence-electron chi connectivity index (χ0n) is 8.40. The van der Waals surface area contributed by atoms with Gasteiger partial charge >= 0.3 is 0 Å². The van der Waals surface area contributed by atoms with Gasteiger partial charge in [0.1, 0.15) is 0 Å². The van der Waals surface area contributed by atoms with Gasteiger partial charge in [0.25, 0.3) is 5.91 Å². The summed E-state index contributed by atoms with van der Waals surface area (Å²) in [5.74, 6) is -0.237. The van der Waals surface area contributed by atoms with E-state index in [0.717, 1.165) is 10.4 Å². The zero-order valence-corrected chi connectivity index (χ0v) is 9.97. The minimum atomic E-state index is -0.237. The predicted molar refractivity (Wildman–Crippen MR) is 63.7 cm³/mol. The van der Waals surface area contributed by atoms with Crippen LogP contribution >= 0.6 is 23.1 Å². The second-order valence-electron chi connectivity index (χ2n) is 3.04. The van der Waals surface area contributed by atoms with E-state index in [1.165, 1.54) is 11.5 Å². The SMILES string of the molecule is CNC(=O)c1nnsc1-c1ccc(Cl)cc1.